The molecule has 0 saturated carbocycles. The summed E-state index contributed by atoms with van der Waals surface area (Å²) in [6.07, 6.45) is 2.54. The number of aromatic amines is 1. The summed E-state index contributed by atoms with van der Waals surface area (Å²) >= 11 is 0. The van der Waals surface area contributed by atoms with Crippen LogP contribution < -0.4 is 0 Å². The topological polar surface area (TPSA) is 48.9 Å². The van der Waals surface area contributed by atoms with Crippen molar-refractivity contribution >= 4 is 0 Å². The number of aliphatic hydroxyl groups excluding tert-OH is 1. The third kappa shape index (κ3) is 2.53. The Bertz CT molecular complexity index is 474. The second kappa shape index (κ2) is 5.10. The fourth-order valence-electron chi connectivity index (χ4n) is 1.73. The fourth-order valence-corrected chi connectivity index (χ4v) is 1.73. The maximum absolute atomic E-state index is 12.8. The number of benzene rings is 1. The van der Waals surface area contributed by atoms with Gasteiger partial charge in [0.25, 0.3) is 0 Å². The van der Waals surface area contributed by atoms with Gasteiger partial charge in [-0.25, -0.2) is 9.37 Å². The summed E-state index contributed by atoms with van der Waals surface area (Å²) in [5.74, 6) is 0.550. The van der Waals surface area contributed by atoms with Gasteiger partial charge < -0.3 is 10.1 Å². The molecule has 2 rings (SSSR count). The van der Waals surface area contributed by atoms with Crippen LogP contribution in [-0.4, -0.2) is 21.7 Å². The molecule has 1 aromatic heterocycles. The summed E-state index contributed by atoms with van der Waals surface area (Å²) in [4.78, 5) is 7.40. The number of imidazole rings is 1. The van der Waals surface area contributed by atoms with Crippen LogP contribution in [0.15, 0.2) is 30.5 Å². The molecule has 1 aromatic carbocycles. The van der Waals surface area contributed by atoms with Crippen LogP contribution in [0.5, 0.6) is 0 Å². The first kappa shape index (κ1) is 11.8. The largest absolute Gasteiger partial charge is 0.396 e. The zero-order valence-electron chi connectivity index (χ0n) is 9.65. The Balaban J connectivity index is 2.26. The molecule has 0 saturated heterocycles. The first-order valence-corrected chi connectivity index (χ1v) is 5.66. The summed E-state index contributed by atoms with van der Waals surface area (Å²) in [5, 5.41) is 9.19. The summed E-state index contributed by atoms with van der Waals surface area (Å²) in [6, 6.07) is 6.23. The van der Waals surface area contributed by atoms with Gasteiger partial charge in [0.2, 0.25) is 0 Å². The highest BCUT2D eigenvalue weighted by Gasteiger charge is 2.12. The van der Waals surface area contributed by atoms with E-state index in [0.717, 1.165) is 23.5 Å². The van der Waals surface area contributed by atoms with Crippen LogP contribution in [0.25, 0.3) is 11.3 Å². The standard InChI is InChI=1S/C13H15FN2O/c1-2-9(8-17)13-15-7-12(16-13)10-3-5-11(14)6-4-10/h3-7,9,17H,2,8H2,1H3,(H,15,16). The predicted octanol–water partition coefficient (Wildman–Crippen LogP) is 2.70. The van der Waals surface area contributed by atoms with Gasteiger partial charge in [0, 0.05) is 5.92 Å². The second-order valence-electron chi connectivity index (χ2n) is 3.98. The highest BCUT2D eigenvalue weighted by atomic mass is 19.1. The minimum Gasteiger partial charge on any atom is -0.396 e. The maximum atomic E-state index is 12.8. The summed E-state index contributed by atoms with van der Waals surface area (Å²) in [5.41, 5.74) is 1.73. The first-order valence-electron chi connectivity index (χ1n) is 5.66. The Morgan fingerprint density at radius 3 is 2.65 bits per heavy atom. The van der Waals surface area contributed by atoms with Crippen molar-refractivity contribution in [3.63, 3.8) is 0 Å². The van der Waals surface area contributed by atoms with Gasteiger partial charge in [-0.1, -0.05) is 6.92 Å². The number of rotatable bonds is 4. The lowest BCUT2D eigenvalue weighted by molar-refractivity contribution is 0.258. The van der Waals surface area contributed by atoms with Gasteiger partial charge in [-0.3, -0.25) is 0 Å². The molecule has 0 radical (unpaired) electrons. The van der Waals surface area contributed by atoms with Gasteiger partial charge in [-0.05, 0) is 36.2 Å². The lowest BCUT2D eigenvalue weighted by Gasteiger charge is -2.07. The SMILES string of the molecule is CCC(CO)c1ncc(-c2ccc(F)cc2)[nH]1. The average molecular weight is 234 g/mol. The number of halogens is 1. The monoisotopic (exact) mass is 234 g/mol. The molecule has 0 aliphatic heterocycles. The molecule has 0 spiro atoms. The molecule has 2 N–H and O–H groups in total. The quantitative estimate of drug-likeness (QED) is 0.854. The van der Waals surface area contributed by atoms with Gasteiger partial charge in [0.1, 0.15) is 11.6 Å². The molecular weight excluding hydrogens is 219 g/mol. The Labute approximate surface area is 99.3 Å². The van der Waals surface area contributed by atoms with Gasteiger partial charge in [-0.15, -0.1) is 0 Å². The summed E-state index contributed by atoms with van der Waals surface area (Å²) < 4.78 is 12.8. The van der Waals surface area contributed by atoms with Crippen molar-refractivity contribution in [3.8, 4) is 11.3 Å². The van der Waals surface area contributed by atoms with Crippen LogP contribution in [-0.2, 0) is 0 Å². The van der Waals surface area contributed by atoms with E-state index >= 15 is 0 Å². The fraction of sp³-hybridized carbons (Fsp3) is 0.308. The first-order chi connectivity index (χ1) is 8.24. The summed E-state index contributed by atoms with van der Waals surface area (Å²) in [6.45, 7) is 2.08. The van der Waals surface area contributed by atoms with Gasteiger partial charge >= 0.3 is 0 Å². The minimum absolute atomic E-state index is 0.0317. The van der Waals surface area contributed by atoms with Crippen LogP contribution >= 0.6 is 0 Å². The number of hydrogen-bond donors (Lipinski definition) is 2. The molecule has 1 heterocycles. The van der Waals surface area contributed by atoms with E-state index in [1.165, 1.54) is 12.1 Å². The van der Waals surface area contributed by atoms with Gasteiger partial charge in [0.05, 0.1) is 18.5 Å². The van der Waals surface area contributed by atoms with Crippen molar-refractivity contribution in [2.45, 2.75) is 19.3 Å². The Kier molecular flexibility index (Phi) is 3.54. The molecule has 17 heavy (non-hydrogen) atoms. The van der Waals surface area contributed by atoms with Gasteiger partial charge in [-0.2, -0.15) is 0 Å². The van der Waals surface area contributed by atoms with Crippen molar-refractivity contribution in [2.24, 2.45) is 0 Å². The second-order valence-corrected chi connectivity index (χ2v) is 3.98. The molecule has 3 nitrogen and oxygen atoms in total. The highest BCUT2D eigenvalue weighted by molar-refractivity contribution is 5.58. The zero-order chi connectivity index (χ0) is 12.3. The third-order valence-electron chi connectivity index (χ3n) is 2.85. The van der Waals surface area contributed by atoms with Crippen molar-refractivity contribution in [1.29, 1.82) is 0 Å². The molecule has 0 amide bonds. The number of aliphatic hydroxyl groups is 1. The van der Waals surface area contributed by atoms with E-state index in [1.54, 1.807) is 18.3 Å². The molecule has 0 bridgehead atoms. The van der Waals surface area contributed by atoms with Crippen molar-refractivity contribution in [3.05, 3.63) is 42.1 Å². The Hall–Kier alpha value is -1.68. The van der Waals surface area contributed by atoms with E-state index < -0.39 is 0 Å². The molecule has 4 heteroatoms. The summed E-state index contributed by atoms with van der Waals surface area (Å²) in [7, 11) is 0. The normalized spacial score (nSPS) is 12.6. The Morgan fingerprint density at radius 2 is 2.06 bits per heavy atom. The third-order valence-corrected chi connectivity index (χ3v) is 2.85. The van der Waals surface area contributed by atoms with E-state index in [4.69, 9.17) is 0 Å². The predicted molar refractivity (Wildman–Crippen MR) is 64.1 cm³/mol. The highest BCUT2D eigenvalue weighted by Crippen LogP contribution is 2.21. The van der Waals surface area contributed by atoms with Crippen LogP contribution in [0, 0.1) is 5.82 Å². The molecule has 2 aromatic rings. The molecule has 1 atom stereocenters. The number of nitrogens with zero attached hydrogens (tertiary/aromatic N) is 1. The lowest BCUT2D eigenvalue weighted by Crippen LogP contribution is -2.04. The van der Waals surface area contributed by atoms with Crippen molar-refractivity contribution in [2.75, 3.05) is 6.61 Å². The number of hydrogen-bond acceptors (Lipinski definition) is 2. The molecule has 90 valence electrons. The molecule has 0 aliphatic carbocycles. The number of H-pyrrole nitrogens is 1. The number of aromatic nitrogens is 2. The van der Waals surface area contributed by atoms with E-state index in [0.29, 0.717) is 0 Å². The van der Waals surface area contributed by atoms with Crippen LogP contribution in [0.4, 0.5) is 4.39 Å². The van der Waals surface area contributed by atoms with E-state index in [9.17, 15) is 9.50 Å². The van der Waals surface area contributed by atoms with Crippen LogP contribution in [0.3, 0.4) is 0 Å². The lowest BCUT2D eigenvalue weighted by atomic mass is 10.1. The van der Waals surface area contributed by atoms with E-state index in [2.05, 4.69) is 9.97 Å². The van der Waals surface area contributed by atoms with E-state index in [-0.39, 0.29) is 18.3 Å². The van der Waals surface area contributed by atoms with Crippen molar-refractivity contribution in [1.82, 2.24) is 9.97 Å². The van der Waals surface area contributed by atoms with E-state index in [1.807, 2.05) is 6.92 Å². The molecule has 0 fully saturated rings. The van der Waals surface area contributed by atoms with Gasteiger partial charge in [0.15, 0.2) is 0 Å². The molecule has 0 aliphatic rings. The Morgan fingerprint density at radius 1 is 1.35 bits per heavy atom. The average Bonchev–Trinajstić information content (AvgIpc) is 2.81. The smallest absolute Gasteiger partial charge is 0.123 e. The minimum atomic E-state index is -0.254. The number of nitrogens with one attached hydrogen (secondary N) is 1. The van der Waals surface area contributed by atoms with Crippen LogP contribution in [0.2, 0.25) is 0 Å². The maximum Gasteiger partial charge on any atom is 0.123 e. The molecule has 1 unspecified atom stereocenters. The van der Waals surface area contributed by atoms with Crippen molar-refractivity contribution < 1.29 is 9.50 Å². The zero-order valence-corrected chi connectivity index (χ0v) is 9.65. The molecular formula is C13H15FN2O. The van der Waals surface area contributed by atoms with Crippen LogP contribution in [0.1, 0.15) is 25.1 Å².